The molecule has 0 spiro atoms. The van der Waals surface area contributed by atoms with Crippen LogP contribution >= 0.6 is 27.5 Å². The van der Waals surface area contributed by atoms with Gasteiger partial charge in [-0.2, -0.15) is 0 Å². The van der Waals surface area contributed by atoms with Gasteiger partial charge in [0.05, 0.1) is 5.56 Å². The van der Waals surface area contributed by atoms with Crippen LogP contribution < -0.4 is 4.74 Å². The van der Waals surface area contributed by atoms with E-state index in [0.29, 0.717) is 28.9 Å². The summed E-state index contributed by atoms with van der Waals surface area (Å²) in [7, 11) is 0. The van der Waals surface area contributed by atoms with Crippen LogP contribution in [0.5, 0.6) is 5.88 Å². The third kappa shape index (κ3) is 6.46. The van der Waals surface area contributed by atoms with Gasteiger partial charge in [0, 0.05) is 35.9 Å². The Morgan fingerprint density at radius 3 is 2.52 bits per heavy atom. The maximum atomic E-state index is 15.4. The van der Waals surface area contributed by atoms with E-state index >= 15 is 4.39 Å². The molecule has 0 amide bonds. The first kappa shape index (κ1) is 24.4. The van der Waals surface area contributed by atoms with Crippen LogP contribution in [0.3, 0.4) is 0 Å². The number of benzene rings is 1. The highest BCUT2D eigenvalue weighted by Gasteiger charge is 2.30. The Kier molecular flexibility index (Phi) is 7.32. The van der Waals surface area contributed by atoms with Crippen molar-refractivity contribution in [2.45, 2.75) is 70.6 Å². The highest BCUT2D eigenvalue weighted by Crippen LogP contribution is 2.41. The molecule has 8 heteroatoms. The second-order valence-corrected chi connectivity index (χ2v) is 11.2. The van der Waals surface area contributed by atoms with Gasteiger partial charge < -0.3 is 9.47 Å². The standard InChI is InChI=1S/C25H29BrClFN2O3/c1-25(2,3)33-24(31)20-11-16(15-4-5-15)10-17(22(20)28)14-30-8-6-19(7-9-30)32-23-21(27)12-18(26)13-29-23/h10-13,15,19H,4-9,14H2,1-3H3. The van der Waals surface area contributed by atoms with E-state index < -0.39 is 17.4 Å². The van der Waals surface area contributed by atoms with E-state index in [2.05, 4.69) is 25.8 Å². The monoisotopic (exact) mass is 538 g/mol. The van der Waals surface area contributed by atoms with Crippen LogP contribution in [0.2, 0.25) is 5.02 Å². The lowest BCUT2D eigenvalue weighted by molar-refractivity contribution is 0.00641. The Balaban J connectivity index is 1.43. The second-order valence-electron chi connectivity index (χ2n) is 9.85. The number of carbonyl (C=O) groups excluding carboxylic acids is 1. The summed E-state index contributed by atoms with van der Waals surface area (Å²) in [5.74, 6) is -0.232. The third-order valence-corrected chi connectivity index (χ3v) is 6.52. The molecule has 2 heterocycles. The summed E-state index contributed by atoms with van der Waals surface area (Å²) in [6.45, 7) is 7.33. The minimum Gasteiger partial charge on any atom is -0.473 e. The highest BCUT2D eigenvalue weighted by atomic mass is 79.9. The number of piperidine rings is 1. The van der Waals surface area contributed by atoms with Crippen molar-refractivity contribution in [2.24, 2.45) is 0 Å². The fourth-order valence-corrected chi connectivity index (χ4v) is 4.70. The van der Waals surface area contributed by atoms with Gasteiger partial charge in [-0.1, -0.05) is 17.7 Å². The molecule has 4 rings (SSSR count). The quantitative estimate of drug-likeness (QED) is 0.392. The molecule has 0 N–H and O–H groups in total. The zero-order valence-electron chi connectivity index (χ0n) is 19.2. The molecule has 0 radical (unpaired) electrons. The van der Waals surface area contributed by atoms with E-state index in [1.54, 1.807) is 39.1 Å². The van der Waals surface area contributed by atoms with Gasteiger partial charge in [-0.25, -0.2) is 14.2 Å². The molecule has 1 aliphatic heterocycles. The molecule has 0 atom stereocenters. The molecule has 2 aromatic rings. The van der Waals surface area contributed by atoms with Gasteiger partial charge in [-0.05, 0) is 86.0 Å². The molecule has 0 unspecified atom stereocenters. The number of halogens is 3. The maximum Gasteiger partial charge on any atom is 0.341 e. The van der Waals surface area contributed by atoms with E-state index in [9.17, 15) is 4.79 Å². The van der Waals surface area contributed by atoms with E-state index in [1.807, 2.05) is 6.07 Å². The Morgan fingerprint density at radius 1 is 1.21 bits per heavy atom. The predicted molar refractivity (Wildman–Crippen MR) is 129 cm³/mol. The van der Waals surface area contributed by atoms with E-state index in [0.717, 1.165) is 48.8 Å². The fourth-order valence-electron chi connectivity index (χ4n) is 4.03. The van der Waals surface area contributed by atoms with Crippen LogP contribution in [0, 0.1) is 5.82 Å². The summed E-state index contributed by atoms with van der Waals surface area (Å²) in [5, 5.41) is 0.473. The zero-order chi connectivity index (χ0) is 23.8. The van der Waals surface area contributed by atoms with Crippen molar-refractivity contribution in [2.75, 3.05) is 13.1 Å². The minimum atomic E-state index is -0.673. The lowest BCUT2D eigenvalue weighted by Crippen LogP contribution is -2.38. The van der Waals surface area contributed by atoms with Crippen LogP contribution in [-0.4, -0.2) is 40.6 Å². The van der Waals surface area contributed by atoms with Crippen molar-refractivity contribution < 1.29 is 18.7 Å². The second kappa shape index (κ2) is 9.88. The van der Waals surface area contributed by atoms with Gasteiger partial charge in [0.25, 0.3) is 0 Å². The first-order chi connectivity index (χ1) is 15.6. The number of hydrogen-bond acceptors (Lipinski definition) is 5. The van der Waals surface area contributed by atoms with E-state index in [-0.39, 0.29) is 11.7 Å². The Bertz CT molecular complexity index is 1030. The van der Waals surface area contributed by atoms with Gasteiger partial charge in [0.2, 0.25) is 5.88 Å². The van der Waals surface area contributed by atoms with Crippen LogP contribution in [0.15, 0.2) is 28.9 Å². The van der Waals surface area contributed by atoms with Crippen LogP contribution in [-0.2, 0) is 11.3 Å². The number of hydrogen-bond donors (Lipinski definition) is 0. The lowest BCUT2D eigenvalue weighted by atomic mass is 9.99. The first-order valence-electron chi connectivity index (χ1n) is 11.3. The van der Waals surface area contributed by atoms with Gasteiger partial charge in [0.1, 0.15) is 22.5 Å². The average molecular weight is 540 g/mol. The molecule has 5 nitrogen and oxygen atoms in total. The van der Waals surface area contributed by atoms with Gasteiger partial charge in [-0.3, -0.25) is 4.90 Å². The molecular weight excluding hydrogens is 511 g/mol. The minimum absolute atomic E-state index is 0.00685. The van der Waals surface area contributed by atoms with Crippen molar-refractivity contribution in [1.82, 2.24) is 9.88 Å². The van der Waals surface area contributed by atoms with E-state index in [1.165, 1.54) is 0 Å². The molecular formula is C25H29BrClFN2O3. The normalized spacial score (nSPS) is 17.8. The summed E-state index contributed by atoms with van der Waals surface area (Å²) >= 11 is 9.56. The third-order valence-electron chi connectivity index (χ3n) is 5.82. The number of ether oxygens (including phenoxy) is 2. The van der Waals surface area contributed by atoms with Crippen molar-refractivity contribution in [1.29, 1.82) is 0 Å². The molecule has 1 aromatic carbocycles. The first-order valence-corrected chi connectivity index (χ1v) is 12.5. The summed E-state index contributed by atoms with van der Waals surface area (Å²) < 4.78 is 27.6. The predicted octanol–water partition coefficient (Wildman–Crippen LogP) is 6.51. The summed E-state index contributed by atoms with van der Waals surface area (Å²) in [6.07, 6.45) is 5.40. The SMILES string of the molecule is CC(C)(C)OC(=O)c1cc(C2CC2)cc(CN2CCC(Oc3ncc(Br)cc3Cl)CC2)c1F. The Morgan fingerprint density at radius 2 is 1.91 bits per heavy atom. The highest BCUT2D eigenvalue weighted by molar-refractivity contribution is 9.10. The maximum absolute atomic E-state index is 15.4. The van der Waals surface area contributed by atoms with Crippen LogP contribution in [0.1, 0.15) is 73.9 Å². The molecule has 33 heavy (non-hydrogen) atoms. The number of aromatic nitrogens is 1. The topological polar surface area (TPSA) is 51.7 Å². The number of pyridine rings is 1. The number of likely N-dealkylation sites (tertiary alicyclic amines) is 1. The Hall–Kier alpha value is -1.70. The number of carbonyl (C=O) groups is 1. The molecule has 178 valence electrons. The summed E-state index contributed by atoms with van der Waals surface area (Å²) in [5.41, 5.74) is 0.950. The lowest BCUT2D eigenvalue weighted by Gasteiger charge is -2.32. The van der Waals surface area contributed by atoms with Crippen molar-refractivity contribution in [3.05, 3.63) is 56.4 Å². The van der Waals surface area contributed by atoms with Gasteiger partial charge in [0.15, 0.2) is 0 Å². The number of rotatable bonds is 6. The van der Waals surface area contributed by atoms with Crippen LogP contribution in [0.4, 0.5) is 4.39 Å². The molecule has 1 saturated heterocycles. The van der Waals surface area contributed by atoms with Crippen molar-refractivity contribution in [3.63, 3.8) is 0 Å². The van der Waals surface area contributed by atoms with Gasteiger partial charge >= 0.3 is 5.97 Å². The zero-order valence-corrected chi connectivity index (χ0v) is 21.5. The van der Waals surface area contributed by atoms with Gasteiger partial charge in [-0.15, -0.1) is 0 Å². The van der Waals surface area contributed by atoms with E-state index in [4.69, 9.17) is 21.1 Å². The number of esters is 1. The molecule has 1 aromatic heterocycles. The molecule has 1 saturated carbocycles. The largest absolute Gasteiger partial charge is 0.473 e. The Labute approximate surface area is 207 Å². The molecule has 0 bridgehead atoms. The summed E-state index contributed by atoms with van der Waals surface area (Å²) in [6, 6.07) is 5.37. The molecule has 1 aliphatic carbocycles. The average Bonchev–Trinajstić information content (AvgIpc) is 3.57. The number of nitrogens with zero attached hydrogens (tertiary/aromatic N) is 2. The summed E-state index contributed by atoms with van der Waals surface area (Å²) in [4.78, 5) is 19.1. The molecule has 2 fully saturated rings. The van der Waals surface area contributed by atoms with Crippen LogP contribution in [0.25, 0.3) is 0 Å². The fraction of sp³-hybridized carbons (Fsp3) is 0.520. The molecule has 2 aliphatic rings. The smallest absolute Gasteiger partial charge is 0.341 e. The van der Waals surface area contributed by atoms with Crippen molar-refractivity contribution in [3.8, 4) is 5.88 Å². The van der Waals surface area contributed by atoms with Crippen molar-refractivity contribution >= 4 is 33.5 Å².